The van der Waals surface area contributed by atoms with Crippen LogP contribution < -0.4 is 20.1 Å². The van der Waals surface area contributed by atoms with Gasteiger partial charge in [-0.1, -0.05) is 24.8 Å². The van der Waals surface area contributed by atoms with E-state index < -0.39 is 30.2 Å². The number of allylic oxidation sites excluding steroid dienone is 3. The van der Waals surface area contributed by atoms with Crippen LogP contribution in [0, 0.1) is 0 Å². The van der Waals surface area contributed by atoms with Crippen LogP contribution >= 0.6 is 0 Å². The van der Waals surface area contributed by atoms with Crippen molar-refractivity contribution in [3.05, 3.63) is 54.2 Å². The number of carbonyl (C=O) groups is 1. The van der Waals surface area contributed by atoms with Crippen LogP contribution in [0.5, 0.6) is 11.5 Å². The number of anilines is 1. The summed E-state index contributed by atoms with van der Waals surface area (Å²) in [6.07, 6.45) is -4.34. The molecule has 0 radical (unpaired) electrons. The number of piperazine rings is 1. The summed E-state index contributed by atoms with van der Waals surface area (Å²) in [6.45, 7) is 6.80. The van der Waals surface area contributed by atoms with Gasteiger partial charge in [0.05, 0.1) is 14.2 Å². The van der Waals surface area contributed by atoms with Gasteiger partial charge >= 0.3 is 12.3 Å². The SMILES string of the molecule is C=C(/C=C\C(=C/C)C(CC(O)N1CCN(c2ccc(OC)c(OC)c2)CC1)OC(N)=O)C(F)(F)F. The molecule has 35 heavy (non-hydrogen) atoms. The summed E-state index contributed by atoms with van der Waals surface area (Å²) in [5.41, 5.74) is 5.31. The first kappa shape index (κ1) is 28.1. The largest absolute Gasteiger partial charge is 0.493 e. The highest BCUT2D eigenvalue weighted by atomic mass is 19.4. The van der Waals surface area contributed by atoms with Crippen LogP contribution in [0.4, 0.5) is 23.7 Å². The predicted molar refractivity (Wildman–Crippen MR) is 127 cm³/mol. The molecule has 1 aromatic carbocycles. The number of nitrogens with two attached hydrogens (primary N) is 1. The zero-order chi connectivity index (χ0) is 26.2. The van der Waals surface area contributed by atoms with Gasteiger partial charge in [0.2, 0.25) is 0 Å². The van der Waals surface area contributed by atoms with Crippen molar-refractivity contribution in [3.8, 4) is 11.5 Å². The Hall–Kier alpha value is -3.18. The van der Waals surface area contributed by atoms with Gasteiger partial charge in [-0.15, -0.1) is 0 Å². The second-order valence-electron chi connectivity index (χ2n) is 7.85. The third-order valence-electron chi connectivity index (χ3n) is 5.70. The Labute approximate surface area is 203 Å². The summed E-state index contributed by atoms with van der Waals surface area (Å²) < 4.78 is 54.0. The summed E-state index contributed by atoms with van der Waals surface area (Å²) in [5.74, 6) is 1.23. The standard InChI is InChI=1S/C24H32F3N3O5/c1-5-17(7-6-16(2)24(25,26)27)20(35-23(28)32)15-22(31)30-12-10-29(11-13-30)18-8-9-19(33-3)21(14-18)34-4/h5-9,14,20,22,31H,2,10-13,15H2,1,3-4H3,(H2,28,32)/b7-6-,17-5+. The number of nitrogens with zero attached hydrogens (tertiary/aromatic N) is 2. The van der Waals surface area contributed by atoms with Crippen LogP contribution in [0.25, 0.3) is 0 Å². The Morgan fingerprint density at radius 1 is 1.17 bits per heavy atom. The van der Waals surface area contributed by atoms with Crippen molar-refractivity contribution in [1.29, 1.82) is 0 Å². The van der Waals surface area contributed by atoms with Crippen LogP contribution in [0.2, 0.25) is 0 Å². The molecule has 8 nitrogen and oxygen atoms in total. The maximum atomic E-state index is 12.8. The van der Waals surface area contributed by atoms with E-state index in [1.54, 1.807) is 26.0 Å². The van der Waals surface area contributed by atoms with E-state index >= 15 is 0 Å². The van der Waals surface area contributed by atoms with E-state index in [0.29, 0.717) is 37.7 Å². The van der Waals surface area contributed by atoms with Crippen molar-refractivity contribution in [2.45, 2.75) is 31.9 Å². The fourth-order valence-electron chi connectivity index (χ4n) is 3.71. The molecule has 0 saturated carbocycles. The van der Waals surface area contributed by atoms with Crippen molar-refractivity contribution in [2.75, 3.05) is 45.3 Å². The minimum Gasteiger partial charge on any atom is -0.493 e. The number of aliphatic hydroxyl groups is 1. The van der Waals surface area contributed by atoms with Gasteiger partial charge in [0.15, 0.2) is 11.5 Å². The van der Waals surface area contributed by atoms with Gasteiger partial charge in [0.25, 0.3) is 0 Å². The molecular formula is C24H32F3N3O5. The average molecular weight is 500 g/mol. The first-order valence-electron chi connectivity index (χ1n) is 11.0. The highest BCUT2D eigenvalue weighted by Crippen LogP contribution is 2.32. The van der Waals surface area contributed by atoms with E-state index in [1.165, 1.54) is 6.08 Å². The number of halogens is 3. The molecule has 11 heteroatoms. The lowest BCUT2D eigenvalue weighted by Gasteiger charge is -2.39. The Morgan fingerprint density at radius 3 is 2.31 bits per heavy atom. The molecule has 194 valence electrons. The molecule has 1 aliphatic rings. The summed E-state index contributed by atoms with van der Waals surface area (Å²) >= 11 is 0. The third kappa shape index (κ3) is 7.93. The Kier molecular flexibility index (Phi) is 10.0. The number of primary amides is 1. The molecule has 2 atom stereocenters. The van der Waals surface area contributed by atoms with Gasteiger partial charge in [-0.05, 0) is 24.6 Å². The lowest BCUT2D eigenvalue weighted by Crippen LogP contribution is -2.51. The fraction of sp³-hybridized carbons (Fsp3) is 0.458. The summed E-state index contributed by atoms with van der Waals surface area (Å²) in [4.78, 5) is 15.3. The molecule has 0 aliphatic carbocycles. The maximum Gasteiger partial charge on any atom is 0.415 e. The maximum absolute atomic E-state index is 12.8. The molecule has 3 N–H and O–H groups in total. The molecular weight excluding hydrogens is 467 g/mol. The van der Waals surface area contributed by atoms with Crippen molar-refractivity contribution in [1.82, 2.24) is 4.90 Å². The van der Waals surface area contributed by atoms with E-state index in [0.717, 1.165) is 17.8 Å². The van der Waals surface area contributed by atoms with E-state index in [2.05, 4.69) is 11.5 Å². The number of ether oxygens (including phenoxy) is 3. The third-order valence-corrected chi connectivity index (χ3v) is 5.70. The second-order valence-corrected chi connectivity index (χ2v) is 7.85. The van der Waals surface area contributed by atoms with E-state index in [9.17, 15) is 23.1 Å². The number of hydrogen-bond acceptors (Lipinski definition) is 7. The predicted octanol–water partition coefficient (Wildman–Crippen LogP) is 3.62. The molecule has 1 aliphatic heterocycles. The number of carbonyl (C=O) groups excluding carboxylic acids is 1. The number of rotatable bonds is 10. The molecule has 2 rings (SSSR count). The number of hydrogen-bond donors (Lipinski definition) is 2. The molecule has 1 aromatic rings. The van der Waals surface area contributed by atoms with E-state index in [1.807, 2.05) is 18.2 Å². The monoisotopic (exact) mass is 499 g/mol. The van der Waals surface area contributed by atoms with Gasteiger partial charge in [0, 0.05) is 49.9 Å². The molecule has 2 unspecified atom stereocenters. The number of alkyl halides is 3. The normalized spacial score (nSPS) is 17.2. The minimum absolute atomic E-state index is 0.0677. The van der Waals surface area contributed by atoms with Crippen LogP contribution in [0.15, 0.2) is 54.2 Å². The summed E-state index contributed by atoms with van der Waals surface area (Å²) in [5, 5.41) is 10.8. The van der Waals surface area contributed by atoms with Crippen LogP contribution in [0.1, 0.15) is 13.3 Å². The van der Waals surface area contributed by atoms with Gasteiger partial charge in [-0.25, -0.2) is 4.79 Å². The number of benzene rings is 1. The van der Waals surface area contributed by atoms with Crippen molar-refractivity contribution >= 4 is 11.8 Å². The Balaban J connectivity index is 2.05. The van der Waals surface area contributed by atoms with Crippen LogP contribution in [0.3, 0.4) is 0 Å². The smallest absolute Gasteiger partial charge is 0.415 e. The van der Waals surface area contributed by atoms with Crippen molar-refractivity contribution in [2.24, 2.45) is 5.73 Å². The molecule has 1 saturated heterocycles. The molecule has 1 heterocycles. The first-order valence-corrected chi connectivity index (χ1v) is 11.0. The topological polar surface area (TPSA) is 97.5 Å². The van der Waals surface area contributed by atoms with Gasteiger partial charge in [0.1, 0.15) is 12.3 Å². The second kappa shape index (κ2) is 12.5. The summed E-state index contributed by atoms with van der Waals surface area (Å²) in [6, 6.07) is 5.62. The number of amides is 1. The highest BCUT2D eigenvalue weighted by Gasteiger charge is 2.31. The number of aliphatic hydroxyl groups excluding tert-OH is 1. The van der Waals surface area contributed by atoms with Crippen molar-refractivity contribution < 1.29 is 37.3 Å². The lowest BCUT2D eigenvalue weighted by atomic mass is 10.0. The van der Waals surface area contributed by atoms with Crippen LogP contribution in [-0.2, 0) is 4.74 Å². The average Bonchev–Trinajstić information content (AvgIpc) is 2.82. The zero-order valence-corrected chi connectivity index (χ0v) is 20.0. The van der Waals surface area contributed by atoms with Gasteiger partial charge in [-0.3, -0.25) is 4.90 Å². The molecule has 0 bridgehead atoms. The van der Waals surface area contributed by atoms with Crippen LogP contribution in [-0.4, -0.2) is 75.0 Å². The zero-order valence-electron chi connectivity index (χ0n) is 20.0. The highest BCUT2D eigenvalue weighted by molar-refractivity contribution is 5.65. The molecule has 1 fully saturated rings. The Bertz CT molecular complexity index is 941. The molecule has 1 amide bonds. The lowest BCUT2D eigenvalue weighted by molar-refractivity contribution is -0.0878. The number of methoxy groups -OCH3 is 2. The van der Waals surface area contributed by atoms with E-state index in [-0.39, 0.29) is 12.0 Å². The van der Waals surface area contributed by atoms with E-state index in [4.69, 9.17) is 19.9 Å². The first-order chi connectivity index (χ1) is 16.5. The molecule has 0 spiro atoms. The Morgan fingerprint density at radius 2 is 1.80 bits per heavy atom. The minimum atomic E-state index is -4.58. The molecule has 0 aromatic heterocycles. The van der Waals surface area contributed by atoms with Gasteiger partial charge in [-0.2, -0.15) is 13.2 Å². The quantitative estimate of drug-likeness (QED) is 0.475. The van der Waals surface area contributed by atoms with Gasteiger partial charge < -0.3 is 30.0 Å². The fourth-order valence-corrected chi connectivity index (χ4v) is 3.71. The van der Waals surface area contributed by atoms with Crippen molar-refractivity contribution in [3.63, 3.8) is 0 Å². The summed E-state index contributed by atoms with van der Waals surface area (Å²) in [7, 11) is 3.13.